The topological polar surface area (TPSA) is 41.3 Å². The fraction of sp³-hybridized carbons (Fsp3) is 0.727. The second kappa shape index (κ2) is 4.33. The van der Waals surface area contributed by atoms with E-state index in [0.29, 0.717) is 0 Å². The molecule has 84 valence electrons. The Hall–Kier alpha value is -0.870. The first-order chi connectivity index (χ1) is 7.19. The smallest absolute Gasteiger partial charge is 0.0679 e. The molecule has 0 spiro atoms. The normalized spacial score (nSPS) is 22.5. The summed E-state index contributed by atoms with van der Waals surface area (Å²) in [4.78, 5) is 2.29. The van der Waals surface area contributed by atoms with Crippen LogP contribution in [-0.2, 0) is 20.0 Å². The van der Waals surface area contributed by atoms with Crippen molar-refractivity contribution in [2.45, 2.75) is 32.4 Å². The van der Waals surface area contributed by atoms with Gasteiger partial charge in [-0.3, -0.25) is 9.58 Å². The number of aliphatic hydroxyl groups is 1. The summed E-state index contributed by atoms with van der Waals surface area (Å²) in [7, 11) is 1.96. The molecule has 1 aliphatic rings. The van der Waals surface area contributed by atoms with Crippen LogP contribution in [0.5, 0.6) is 0 Å². The first kappa shape index (κ1) is 10.6. The molecule has 0 aromatic carbocycles. The van der Waals surface area contributed by atoms with E-state index >= 15 is 0 Å². The van der Waals surface area contributed by atoms with Gasteiger partial charge in [0.2, 0.25) is 0 Å². The summed E-state index contributed by atoms with van der Waals surface area (Å²) in [6.45, 7) is 4.86. The lowest BCUT2D eigenvalue weighted by Gasteiger charge is -2.14. The zero-order valence-electron chi connectivity index (χ0n) is 9.48. The molecule has 1 N–H and O–H groups in total. The molecule has 0 saturated carbocycles. The van der Waals surface area contributed by atoms with Crippen LogP contribution in [0.15, 0.2) is 6.20 Å². The second-order valence-corrected chi connectivity index (χ2v) is 4.31. The van der Waals surface area contributed by atoms with Gasteiger partial charge in [0.15, 0.2) is 0 Å². The molecule has 4 nitrogen and oxygen atoms in total. The first-order valence-electron chi connectivity index (χ1n) is 5.61. The van der Waals surface area contributed by atoms with Gasteiger partial charge in [-0.1, -0.05) is 6.92 Å². The van der Waals surface area contributed by atoms with E-state index in [0.717, 1.165) is 32.5 Å². The molecule has 15 heavy (non-hydrogen) atoms. The zero-order chi connectivity index (χ0) is 10.8. The van der Waals surface area contributed by atoms with Crippen molar-refractivity contribution in [3.63, 3.8) is 0 Å². The maximum Gasteiger partial charge on any atom is 0.0679 e. The van der Waals surface area contributed by atoms with Gasteiger partial charge in [-0.25, -0.2) is 0 Å². The minimum absolute atomic E-state index is 0.133. The Morgan fingerprint density at radius 3 is 3.00 bits per heavy atom. The highest BCUT2D eigenvalue weighted by Gasteiger charge is 2.21. The van der Waals surface area contributed by atoms with Gasteiger partial charge in [-0.2, -0.15) is 5.10 Å². The average molecular weight is 209 g/mol. The molecule has 1 aromatic rings. The van der Waals surface area contributed by atoms with E-state index < -0.39 is 0 Å². The number of rotatable bonds is 3. The molecule has 0 amide bonds. The standard InChI is InChI=1S/C11H19N3O/c1-3-11-9(6-13(2)12-11)7-14-5-4-10(15)8-14/h6,10,15H,3-5,7-8H2,1-2H3/t10-/m0/s1. The Morgan fingerprint density at radius 1 is 1.60 bits per heavy atom. The number of aliphatic hydroxyl groups excluding tert-OH is 1. The van der Waals surface area contributed by atoms with Crippen LogP contribution in [0.3, 0.4) is 0 Å². The number of nitrogens with zero attached hydrogens (tertiary/aromatic N) is 3. The van der Waals surface area contributed by atoms with E-state index in [-0.39, 0.29) is 6.10 Å². The molecular formula is C11H19N3O. The van der Waals surface area contributed by atoms with E-state index in [1.165, 1.54) is 11.3 Å². The molecule has 0 aliphatic carbocycles. The van der Waals surface area contributed by atoms with Gasteiger partial charge in [0.25, 0.3) is 0 Å². The number of hydrogen-bond acceptors (Lipinski definition) is 3. The highest BCUT2D eigenvalue weighted by molar-refractivity contribution is 5.17. The third kappa shape index (κ3) is 2.38. The van der Waals surface area contributed by atoms with E-state index in [4.69, 9.17) is 0 Å². The summed E-state index contributed by atoms with van der Waals surface area (Å²) in [5.74, 6) is 0. The molecule has 1 aromatic heterocycles. The van der Waals surface area contributed by atoms with Crippen LogP contribution in [0.1, 0.15) is 24.6 Å². The minimum atomic E-state index is -0.133. The van der Waals surface area contributed by atoms with E-state index in [9.17, 15) is 5.11 Å². The number of aromatic nitrogens is 2. The molecule has 0 bridgehead atoms. The Labute approximate surface area is 90.5 Å². The third-order valence-electron chi connectivity index (χ3n) is 2.97. The lowest BCUT2D eigenvalue weighted by molar-refractivity contribution is 0.174. The predicted octanol–water partition coefficient (Wildman–Crippen LogP) is 0.549. The number of hydrogen-bond donors (Lipinski definition) is 1. The van der Waals surface area contributed by atoms with Gasteiger partial charge >= 0.3 is 0 Å². The van der Waals surface area contributed by atoms with Gasteiger partial charge < -0.3 is 5.11 Å². The van der Waals surface area contributed by atoms with Gasteiger partial charge in [-0.05, 0) is 12.8 Å². The molecule has 0 unspecified atom stereocenters. The zero-order valence-corrected chi connectivity index (χ0v) is 9.48. The second-order valence-electron chi connectivity index (χ2n) is 4.31. The monoisotopic (exact) mass is 209 g/mol. The number of likely N-dealkylation sites (tertiary alicyclic amines) is 1. The van der Waals surface area contributed by atoms with Crippen LogP contribution < -0.4 is 0 Å². The van der Waals surface area contributed by atoms with Crippen molar-refractivity contribution in [3.8, 4) is 0 Å². The number of aryl methyl sites for hydroxylation is 2. The Balaban J connectivity index is 2.03. The molecule has 1 aliphatic heterocycles. The van der Waals surface area contributed by atoms with Crippen molar-refractivity contribution in [1.29, 1.82) is 0 Å². The minimum Gasteiger partial charge on any atom is -0.392 e. The SMILES string of the molecule is CCc1nn(C)cc1CN1CC[C@H](O)C1. The van der Waals surface area contributed by atoms with Gasteiger partial charge in [0, 0.05) is 38.4 Å². The largest absolute Gasteiger partial charge is 0.392 e. The van der Waals surface area contributed by atoms with Crippen LogP contribution in [0, 0.1) is 0 Å². The Morgan fingerprint density at radius 2 is 2.40 bits per heavy atom. The lowest BCUT2D eigenvalue weighted by atomic mass is 10.2. The molecule has 2 heterocycles. The third-order valence-corrected chi connectivity index (χ3v) is 2.97. The molecule has 1 atom stereocenters. The Bertz CT molecular complexity index is 335. The molecule has 2 rings (SSSR count). The van der Waals surface area contributed by atoms with Crippen molar-refractivity contribution < 1.29 is 5.11 Å². The fourth-order valence-electron chi connectivity index (χ4n) is 2.21. The lowest BCUT2D eigenvalue weighted by Crippen LogP contribution is -2.21. The highest BCUT2D eigenvalue weighted by atomic mass is 16.3. The van der Waals surface area contributed by atoms with Crippen LogP contribution in [0.25, 0.3) is 0 Å². The van der Waals surface area contributed by atoms with E-state index in [2.05, 4.69) is 23.1 Å². The fourth-order valence-corrected chi connectivity index (χ4v) is 2.21. The maximum absolute atomic E-state index is 9.45. The van der Waals surface area contributed by atoms with Crippen molar-refractivity contribution >= 4 is 0 Å². The van der Waals surface area contributed by atoms with Crippen LogP contribution in [-0.4, -0.2) is 39.0 Å². The Kier molecular flexibility index (Phi) is 3.07. The summed E-state index contributed by atoms with van der Waals surface area (Å²) in [6.07, 6.45) is 3.84. The summed E-state index contributed by atoms with van der Waals surface area (Å²) >= 11 is 0. The molecular weight excluding hydrogens is 190 g/mol. The molecule has 1 saturated heterocycles. The predicted molar refractivity (Wildman–Crippen MR) is 58.5 cm³/mol. The summed E-state index contributed by atoms with van der Waals surface area (Å²) in [5, 5.41) is 13.9. The maximum atomic E-state index is 9.45. The van der Waals surface area contributed by atoms with Crippen molar-refractivity contribution in [3.05, 3.63) is 17.5 Å². The molecule has 4 heteroatoms. The van der Waals surface area contributed by atoms with E-state index in [1.54, 1.807) is 0 Å². The van der Waals surface area contributed by atoms with Gasteiger partial charge in [0.1, 0.15) is 0 Å². The highest BCUT2D eigenvalue weighted by Crippen LogP contribution is 2.15. The number of β-amino-alcohol motifs (C(OH)–C–C–N with tert-alkyl or cyclic N) is 1. The van der Waals surface area contributed by atoms with Gasteiger partial charge in [-0.15, -0.1) is 0 Å². The molecule has 1 fully saturated rings. The van der Waals surface area contributed by atoms with Crippen molar-refractivity contribution in [2.75, 3.05) is 13.1 Å². The first-order valence-corrected chi connectivity index (χ1v) is 5.61. The van der Waals surface area contributed by atoms with Gasteiger partial charge in [0.05, 0.1) is 11.8 Å². The molecule has 0 radical (unpaired) electrons. The van der Waals surface area contributed by atoms with Crippen LogP contribution in [0.4, 0.5) is 0 Å². The summed E-state index contributed by atoms with van der Waals surface area (Å²) in [5.41, 5.74) is 2.48. The van der Waals surface area contributed by atoms with Crippen LogP contribution >= 0.6 is 0 Å². The quantitative estimate of drug-likeness (QED) is 0.790. The van der Waals surface area contributed by atoms with Crippen LogP contribution in [0.2, 0.25) is 0 Å². The summed E-state index contributed by atoms with van der Waals surface area (Å²) < 4.78 is 1.88. The summed E-state index contributed by atoms with van der Waals surface area (Å²) in [6, 6.07) is 0. The van der Waals surface area contributed by atoms with E-state index in [1.807, 2.05) is 11.7 Å². The van der Waals surface area contributed by atoms with Crippen molar-refractivity contribution in [2.24, 2.45) is 7.05 Å². The van der Waals surface area contributed by atoms with Crippen molar-refractivity contribution in [1.82, 2.24) is 14.7 Å². The average Bonchev–Trinajstić information content (AvgIpc) is 2.73.